The molecule has 18 heavy (non-hydrogen) atoms. The van der Waals surface area contributed by atoms with Crippen LogP contribution in [0.4, 0.5) is 4.79 Å². The first-order valence-corrected chi connectivity index (χ1v) is 6.34. The van der Waals surface area contributed by atoms with Crippen molar-refractivity contribution in [3.8, 4) is 0 Å². The van der Waals surface area contributed by atoms with Crippen LogP contribution in [0.5, 0.6) is 0 Å². The Bertz CT molecular complexity index is 444. The molecule has 1 aromatic carbocycles. The minimum atomic E-state index is -0.769. The van der Waals surface area contributed by atoms with Gasteiger partial charge in [-0.15, -0.1) is 0 Å². The average molecular weight is 246 g/mol. The second kappa shape index (κ2) is 5.21. The number of nitrogens with one attached hydrogen (secondary N) is 2. The summed E-state index contributed by atoms with van der Waals surface area (Å²) in [6, 6.07) is 9.40. The molecule has 3 amide bonds. The first kappa shape index (κ1) is 12.6. The summed E-state index contributed by atoms with van der Waals surface area (Å²) >= 11 is 0. The van der Waals surface area contributed by atoms with Crippen LogP contribution in [0.15, 0.2) is 30.3 Å². The van der Waals surface area contributed by atoms with Crippen LogP contribution in [0.1, 0.15) is 31.7 Å². The number of amides is 3. The van der Waals surface area contributed by atoms with Gasteiger partial charge in [-0.05, 0) is 12.0 Å². The topological polar surface area (TPSA) is 58.2 Å². The van der Waals surface area contributed by atoms with E-state index in [1.165, 1.54) is 0 Å². The van der Waals surface area contributed by atoms with Gasteiger partial charge in [-0.3, -0.25) is 10.1 Å². The molecule has 0 saturated carbocycles. The van der Waals surface area contributed by atoms with Gasteiger partial charge >= 0.3 is 6.03 Å². The molecule has 4 heteroatoms. The number of hydrogen-bond donors (Lipinski definition) is 2. The quantitative estimate of drug-likeness (QED) is 0.781. The van der Waals surface area contributed by atoms with Crippen molar-refractivity contribution in [3.63, 3.8) is 0 Å². The van der Waals surface area contributed by atoms with Crippen LogP contribution >= 0.6 is 0 Å². The van der Waals surface area contributed by atoms with Crippen LogP contribution in [-0.4, -0.2) is 17.5 Å². The molecule has 0 radical (unpaired) electrons. The summed E-state index contributed by atoms with van der Waals surface area (Å²) in [6.45, 7) is 2.07. The molecule has 1 aromatic rings. The molecule has 1 heterocycles. The molecule has 2 N–H and O–H groups in total. The predicted octanol–water partition coefficient (Wildman–Crippen LogP) is 2.00. The fourth-order valence-corrected chi connectivity index (χ4v) is 2.34. The van der Waals surface area contributed by atoms with E-state index in [1.807, 2.05) is 30.3 Å². The van der Waals surface area contributed by atoms with Crippen molar-refractivity contribution >= 4 is 11.9 Å². The molecule has 1 unspecified atom stereocenters. The molecule has 0 aromatic heterocycles. The molecule has 1 aliphatic heterocycles. The van der Waals surface area contributed by atoms with Gasteiger partial charge in [0.2, 0.25) is 0 Å². The first-order chi connectivity index (χ1) is 8.66. The van der Waals surface area contributed by atoms with Crippen molar-refractivity contribution in [2.75, 3.05) is 0 Å². The van der Waals surface area contributed by atoms with Crippen molar-refractivity contribution in [1.82, 2.24) is 10.6 Å². The maximum absolute atomic E-state index is 12.0. The number of rotatable bonds is 5. The van der Waals surface area contributed by atoms with Crippen LogP contribution < -0.4 is 10.6 Å². The third kappa shape index (κ3) is 2.53. The number of imide groups is 1. The summed E-state index contributed by atoms with van der Waals surface area (Å²) in [6.07, 6.45) is 3.14. The maximum Gasteiger partial charge on any atom is 0.322 e. The Hall–Kier alpha value is -1.84. The standard InChI is InChI=1S/C14H18N2O2/c1-2-3-9-14(12(17)15-13(18)16-14)10-11-7-5-4-6-8-11/h4-8H,2-3,9-10H2,1H3,(H2,15,16,17,18). The number of benzene rings is 1. The Morgan fingerprint density at radius 2 is 1.89 bits per heavy atom. The number of unbranched alkanes of at least 4 members (excludes halogenated alkanes) is 1. The van der Waals surface area contributed by atoms with Crippen molar-refractivity contribution < 1.29 is 9.59 Å². The van der Waals surface area contributed by atoms with Gasteiger partial charge in [0.1, 0.15) is 5.54 Å². The SMILES string of the molecule is CCCCC1(Cc2ccccc2)NC(=O)NC1=O. The lowest BCUT2D eigenvalue weighted by atomic mass is 9.86. The Balaban J connectivity index is 2.20. The van der Waals surface area contributed by atoms with E-state index in [2.05, 4.69) is 17.6 Å². The zero-order valence-corrected chi connectivity index (χ0v) is 10.5. The van der Waals surface area contributed by atoms with E-state index in [4.69, 9.17) is 0 Å². The maximum atomic E-state index is 12.0. The first-order valence-electron chi connectivity index (χ1n) is 6.34. The lowest BCUT2D eigenvalue weighted by Gasteiger charge is -2.26. The summed E-state index contributed by atoms with van der Waals surface area (Å²) in [5.74, 6) is -0.204. The highest BCUT2D eigenvalue weighted by molar-refractivity contribution is 6.07. The molecule has 1 saturated heterocycles. The molecule has 1 fully saturated rings. The third-order valence-electron chi connectivity index (χ3n) is 3.32. The number of urea groups is 1. The summed E-state index contributed by atoms with van der Waals surface area (Å²) in [5, 5.41) is 5.15. The molecule has 1 aliphatic rings. The second-order valence-electron chi connectivity index (χ2n) is 4.76. The van der Waals surface area contributed by atoms with Crippen molar-refractivity contribution in [3.05, 3.63) is 35.9 Å². The number of hydrogen-bond acceptors (Lipinski definition) is 2. The van der Waals surface area contributed by atoms with Crippen molar-refractivity contribution in [2.45, 2.75) is 38.1 Å². The highest BCUT2D eigenvalue weighted by atomic mass is 16.2. The molecular formula is C14H18N2O2. The van der Waals surface area contributed by atoms with Crippen LogP contribution in [0.2, 0.25) is 0 Å². The molecular weight excluding hydrogens is 228 g/mol. The predicted molar refractivity (Wildman–Crippen MR) is 69.1 cm³/mol. The minimum absolute atomic E-state index is 0.204. The number of carbonyl (C=O) groups excluding carboxylic acids is 2. The molecule has 0 bridgehead atoms. The largest absolute Gasteiger partial charge is 0.323 e. The van der Waals surface area contributed by atoms with Gasteiger partial charge in [0.05, 0.1) is 0 Å². The minimum Gasteiger partial charge on any atom is -0.323 e. The lowest BCUT2D eigenvalue weighted by Crippen LogP contribution is -2.48. The summed E-state index contributed by atoms with van der Waals surface area (Å²) < 4.78 is 0. The monoisotopic (exact) mass is 246 g/mol. The fourth-order valence-electron chi connectivity index (χ4n) is 2.34. The van der Waals surface area contributed by atoms with Crippen LogP contribution in [-0.2, 0) is 11.2 Å². The molecule has 4 nitrogen and oxygen atoms in total. The van der Waals surface area contributed by atoms with Crippen LogP contribution in [0, 0.1) is 0 Å². The van der Waals surface area contributed by atoms with E-state index >= 15 is 0 Å². The highest BCUT2D eigenvalue weighted by Gasteiger charge is 2.45. The van der Waals surface area contributed by atoms with Gasteiger partial charge in [-0.25, -0.2) is 4.79 Å². The van der Waals surface area contributed by atoms with E-state index in [9.17, 15) is 9.59 Å². The molecule has 0 aliphatic carbocycles. The van der Waals surface area contributed by atoms with E-state index < -0.39 is 5.54 Å². The molecule has 96 valence electrons. The van der Waals surface area contributed by atoms with Gasteiger partial charge in [0.25, 0.3) is 5.91 Å². The van der Waals surface area contributed by atoms with Crippen molar-refractivity contribution in [1.29, 1.82) is 0 Å². The molecule has 2 rings (SSSR count). The smallest absolute Gasteiger partial charge is 0.322 e. The molecule has 0 spiro atoms. The zero-order valence-electron chi connectivity index (χ0n) is 10.5. The fraction of sp³-hybridized carbons (Fsp3) is 0.429. The van der Waals surface area contributed by atoms with Gasteiger partial charge < -0.3 is 5.32 Å². The van der Waals surface area contributed by atoms with E-state index in [0.717, 1.165) is 18.4 Å². The van der Waals surface area contributed by atoms with Gasteiger partial charge in [0, 0.05) is 6.42 Å². The Morgan fingerprint density at radius 3 is 2.44 bits per heavy atom. The van der Waals surface area contributed by atoms with Gasteiger partial charge in [0.15, 0.2) is 0 Å². The van der Waals surface area contributed by atoms with Crippen LogP contribution in [0.3, 0.4) is 0 Å². The van der Waals surface area contributed by atoms with Crippen molar-refractivity contribution in [2.24, 2.45) is 0 Å². The number of carbonyl (C=O) groups is 2. The average Bonchev–Trinajstić information content (AvgIpc) is 2.63. The van der Waals surface area contributed by atoms with Gasteiger partial charge in [-0.1, -0.05) is 50.1 Å². The van der Waals surface area contributed by atoms with E-state index in [0.29, 0.717) is 12.8 Å². The van der Waals surface area contributed by atoms with Crippen LogP contribution in [0.25, 0.3) is 0 Å². The third-order valence-corrected chi connectivity index (χ3v) is 3.32. The normalized spacial score (nSPS) is 22.7. The van der Waals surface area contributed by atoms with E-state index in [-0.39, 0.29) is 11.9 Å². The summed E-state index contributed by atoms with van der Waals surface area (Å²) in [4.78, 5) is 23.4. The Kier molecular flexibility index (Phi) is 3.65. The Labute approximate surface area is 107 Å². The van der Waals surface area contributed by atoms with Gasteiger partial charge in [-0.2, -0.15) is 0 Å². The second-order valence-corrected chi connectivity index (χ2v) is 4.76. The van der Waals surface area contributed by atoms with E-state index in [1.54, 1.807) is 0 Å². The Morgan fingerprint density at radius 1 is 1.17 bits per heavy atom. The summed E-state index contributed by atoms with van der Waals surface area (Å²) in [7, 11) is 0. The zero-order chi connectivity index (χ0) is 13.0. The summed E-state index contributed by atoms with van der Waals surface area (Å²) in [5.41, 5.74) is 0.292. The molecule has 1 atom stereocenters. The lowest BCUT2D eigenvalue weighted by molar-refractivity contribution is -0.124. The highest BCUT2D eigenvalue weighted by Crippen LogP contribution is 2.23.